The number of hydrogen-bond donors (Lipinski definition) is 0. The minimum absolute atomic E-state index is 0.257. The van der Waals surface area contributed by atoms with E-state index in [1.807, 2.05) is 50.3 Å². The van der Waals surface area contributed by atoms with E-state index in [0.29, 0.717) is 5.57 Å². The molecule has 0 spiro atoms. The van der Waals surface area contributed by atoms with Gasteiger partial charge in [0.1, 0.15) is 0 Å². The Morgan fingerprint density at radius 3 is 2.47 bits per heavy atom. The van der Waals surface area contributed by atoms with Gasteiger partial charge in [-0.15, -0.1) is 0 Å². The second-order valence-corrected chi connectivity index (χ2v) is 4.98. The van der Waals surface area contributed by atoms with Crippen LogP contribution in [0.25, 0.3) is 0 Å². The first-order valence-electron chi connectivity index (χ1n) is 6.31. The first-order chi connectivity index (χ1) is 9.00. The van der Waals surface area contributed by atoms with Crippen molar-refractivity contribution < 1.29 is 9.53 Å². The zero-order chi connectivity index (χ0) is 14.0. The third-order valence-corrected chi connectivity index (χ3v) is 3.11. The van der Waals surface area contributed by atoms with Gasteiger partial charge < -0.3 is 4.74 Å². The highest BCUT2D eigenvalue weighted by Gasteiger charge is 2.33. The fraction of sp³-hybridized carbons (Fsp3) is 0.235. The maximum Gasteiger partial charge on any atom is 0.335 e. The van der Waals surface area contributed by atoms with Gasteiger partial charge in [-0.05, 0) is 31.9 Å². The Labute approximate surface area is 114 Å². The summed E-state index contributed by atoms with van der Waals surface area (Å²) in [5.41, 5.74) is 4.51. The Balaban J connectivity index is 2.44. The van der Waals surface area contributed by atoms with E-state index < -0.39 is 0 Å². The molecule has 0 bridgehead atoms. The van der Waals surface area contributed by atoms with Crippen molar-refractivity contribution in [2.75, 3.05) is 0 Å². The van der Waals surface area contributed by atoms with Gasteiger partial charge in [0.25, 0.3) is 0 Å². The SMILES string of the molecule is C=C(C=C(C)C)C1=C(C)C(=O)OC1c1ccccc1. The number of esters is 1. The molecule has 98 valence electrons. The molecule has 0 fully saturated rings. The summed E-state index contributed by atoms with van der Waals surface area (Å²) in [6.07, 6.45) is 1.65. The number of carbonyl (C=O) groups is 1. The molecular formula is C17H18O2. The molecule has 0 amide bonds. The smallest absolute Gasteiger partial charge is 0.335 e. The minimum atomic E-state index is -0.336. The molecule has 2 rings (SSSR count). The van der Waals surface area contributed by atoms with Crippen molar-refractivity contribution in [1.82, 2.24) is 0 Å². The van der Waals surface area contributed by atoms with Crippen LogP contribution in [0.4, 0.5) is 0 Å². The zero-order valence-electron chi connectivity index (χ0n) is 11.6. The Morgan fingerprint density at radius 1 is 1.26 bits per heavy atom. The van der Waals surface area contributed by atoms with Crippen molar-refractivity contribution in [2.24, 2.45) is 0 Å². The molecule has 1 aromatic rings. The molecule has 0 aliphatic carbocycles. The highest BCUT2D eigenvalue weighted by Crippen LogP contribution is 2.39. The molecule has 0 saturated heterocycles. The molecule has 1 aliphatic heterocycles. The number of rotatable bonds is 3. The van der Waals surface area contributed by atoms with Crippen molar-refractivity contribution in [3.63, 3.8) is 0 Å². The standard InChI is InChI=1S/C17H18O2/c1-11(2)10-12(3)15-13(4)17(18)19-16(15)14-8-6-5-7-9-14/h5-10,16H,3H2,1-2,4H3. The number of hydrogen-bond acceptors (Lipinski definition) is 2. The van der Waals surface area contributed by atoms with Gasteiger partial charge >= 0.3 is 5.97 Å². The fourth-order valence-corrected chi connectivity index (χ4v) is 2.26. The molecule has 0 radical (unpaired) electrons. The molecule has 1 aromatic carbocycles. The van der Waals surface area contributed by atoms with Crippen LogP contribution in [0.5, 0.6) is 0 Å². The lowest BCUT2D eigenvalue weighted by Gasteiger charge is -2.15. The average Bonchev–Trinajstić information content (AvgIpc) is 2.66. The maximum absolute atomic E-state index is 11.8. The first kappa shape index (κ1) is 13.3. The van der Waals surface area contributed by atoms with E-state index >= 15 is 0 Å². The summed E-state index contributed by atoms with van der Waals surface area (Å²) in [7, 11) is 0. The number of ether oxygens (including phenoxy) is 1. The normalized spacial score (nSPS) is 18.3. The molecule has 2 heteroatoms. The lowest BCUT2D eigenvalue weighted by molar-refractivity contribution is -0.139. The van der Waals surface area contributed by atoms with E-state index in [1.165, 1.54) is 0 Å². The van der Waals surface area contributed by atoms with Crippen molar-refractivity contribution >= 4 is 5.97 Å². The van der Waals surface area contributed by atoms with Gasteiger partial charge in [-0.2, -0.15) is 0 Å². The number of allylic oxidation sites excluding steroid dienone is 2. The predicted molar refractivity (Wildman–Crippen MR) is 76.5 cm³/mol. The summed E-state index contributed by atoms with van der Waals surface area (Å²) in [5, 5.41) is 0. The van der Waals surface area contributed by atoms with Gasteiger partial charge in [-0.3, -0.25) is 0 Å². The highest BCUT2D eigenvalue weighted by molar-refractivity contribution is 5.93. The Kier molecular flexibility index (Phi) is 3.70. The van der Waals surface area contributed by atoms with Crippen LogP contribution in [0.1, 0.15) is 32.4 Å². The number of carbonyl (C=O) groups excluding carboxylic acids is 1. The van der Waals surface area contributed by atoms with Crippen molar-refractivity contribution in [1.29, 1.82) is 0 Å². The van der Waals surface area contributed by atoms with Crippen LogP contribution < -0.4 is 0 Å². The number of benzene rings is 1. The molecule has 0 N–H and O–H groups in total. The minimum Gasteiger partial charge on any atom is -0.449 e. The summed E-state index contributed by atoms with van der Waals surface area (Å²) in [4.78, 5) is 11.8. The zero-order valence-corrected chi connectivity index (χ0v) is 11.6. The monoisotopic (exact) mass is 254 g/mol. The fourth-order valence-electron chi connectivity index (χ4n) is 2.26. The molecule has 1 aliphatic rings. The molecular weight excluding hydrogens is 236 g/mol. The highest BCUT2D eigenvalue weighted by atomic mass is 16.5. The van der Waals surface area contributed by atoms with Crippen LogP contribution in [0.15, 0.2) is 65.3 Å². The average molecular weight is 254 g/mol. The second-order valence-electron chi connectivity index (χ2n) is 4.98. The first-order valence-corrected chi connectivity index (χ1v) is 6.31. The van der Waals surface area contributed by atoms with E-state index in [0.717, 1.165) is 22.3 Å². The summed E-state index contributed by atoms with van der Waals surface area (Å²) >= 11 is 0. The van der Waals surface area contributed by atoms with Gasteiger partial charge in [0.2, 0.25) is 0 Å². The van der Waals surface area contributed by atoms with E-state index in [2.05, 4.69) is 6.58 Å². The second kappa shape index (κ2) is 5.27. The van der Waals surface area contributed by atoms with Crippen molar-refractivity contribution in [2.45, 2.75) is 26.9 Å². The molecule has 0 saturated carbocycles. The summed E-state index contributed by atoms with van der Waals surface area (Å²) in [6.45, 7) is 9.89. The van der Waals surface area contributed by atoms with Crippen LogP contribution in [0.2, 0.25) is 0 Å². The van der Waals surface area contributed by atoms with E-state index in [-0.39, 0.29) is 12.1 Å². The largest absolute Gasteiger partial charge is 0.449 e. The maximum atomic E-state index is 11.8. The Bertz CT molecular complexity index is 573. The topological polar surface area (TPSA) is 26.3 Å². The molecule has 0 aromatic heterocycles. The lowest BCUT2D eigenvalue weighted by Crippen LogP contribution is -2.03. The van der Waals surface area contributed by atoms with Crippen molar-refractivity contribution in [3.8, 4) is 0 Å². The third kappa shape index (κ3) is 2.68. The molecule has 2 nitrogen and oxygen atoms in total. The van der Waals surface area contributed by atoms with E-state index in [1.54, 1.807) is 6.92 Å². The van der Waals surface area contributed by atoms with Crippen LogP contribution >= 0.6 is 0 Å². The van der Waals surface area contributed by atoms with Gasteiger partial charge in [0.15, 0.2) is 6.10 Å². The summed E-state index contributed by atoms with van der Waals surface area (Å²) < 4.78 is 5.47. The molecule has 19 heavy (non-hydrogen) atoms. The van der Waals surface area contributed by atoms with Crippen LogP contribution in [-0.4, -0.2) is 5.97 Å². The van der Waals surface area contributed by atoms with Gasteiger partial charge in [-0.25, -0.2) is 4.79 Å². The summed E-state index contributed by atoms with van der Waals surface area (Å²) in [5.74, 6) is -0.257. The van der Waals surface area contributed by atoms with E-state index in [9.17, 15) is 4.79 Å². The quantitative estimate of drug-likeness (QED) is 0.599. The summed E-state index contributed by atoms with van der Waals surface area (Å²) in [6, 6.07) is 9.76. The molecule has 1 atom stereocenters. The van der Waals surface area contributed by atoms with Gasteiger partial charge in [-0.1, -0.05) is 48.6 Å². The number of cyclic esters (lactones) is 1. The van der Waals surface area contributed by atoms with E-state index in [4.69, 9.17) is 4.74 Å². The lowest BCUT2D eigenvalue weighted by atomic mass is 9.93. The molecule has 1 unspecified atom stereocenters. The van der Waals surface area contributed by atoms with Gasteiger partial charge in [0.05, 0.1) is 0 Å². The predicted octanol–water partition coefficient (Wildman–Crippen LogP) is 4.12. The van der Waals surface area contributed by atoms with Crippen LogP contribution in [-0.2, 0) is 9.53 Å². The van der Waals surface area contributed by atoms with Gasteiger partial charge in [0, 0.05) is 11.1 Å². The third-order valence-electron chi connectivity index (χ3n) is 3.11. The Morgan fingerprint density at radius 2 is 1.89 bits per heavy atom. The van der Waals surface area contributed by atoms with Crippen molar-refractivity contribution in [3.05, 3.63) is 70.8 Å². The Hall–Kier alpha value is -2.09. The van der Waals surface area contributed by atoms with Crippen LogP contribution in [0, 0.1) is 0 Å². The molecule has 1 heterocycles. The van der Waals surface area contributed by atoms with Crippen LogP contribution in [0.3, 0.4) is 0 Å².